The van der Waals surface area contributed by atoms with Crippen LogP contribution in [0, 0.1) is 17.8 Å². The van der Waals surface area contributed by atoms with Crippen LogP contribution in [0.15, 0.2) is 24.3 Å². The molecular weight excluding hydrogens is 256 g/mol. The van der Waals surface area contributed by atoms with Gasteiger partial charge >= 0.3 is 11.9 Å². The van der Waals surface area contributed by atoms with Crippen molar-refractivity contribution in [2.75, 3.05) is 0 Å². The predicted octanol–water partition coefficient (Wildman–Crippen LogP) is 2.39. The molecule has 2 aliphatic carbocycles. The van der Waals surface area contributed by atoms with Crippen LogP contribution < -0.4 is 0 Å². The normalized spacial score (nSPS) is 39.9. The number of carbonyl (C=O) groups is 2. The largest absolute Gasteiger partial charge is 0.458 e. The van der Waals surface area contributed by atoms with Crippen LogP contribution in [0.2, 0.25) is 0 Å². The Morgan fingerprint density at radius 3 is 2.80 bits per heavy atom. The summed E-state index contributed by atoms with van der Waals surface area (Å²) in [6, 6.07) is 0. The Morgan fingerprint density at radius 1 is 1.35 bits per heavy atom. The predicted molar refractivity (Wildman–Crippen MR) is 72.7 cm³/mol. The van der Waals surface area contributed by atoms with Crippen molar-refractivity contribution in [1.29, 1.82) is 0 Å². The van der Waals surface area contributed by atoms with Gasteiger partial charge in [0.15, 0.2) is 0 Å². The fraction of sp³-hybridized carbons (Fsp3) is 0.625. The number of ether oxygens (including phenoxy) is 2. The maximum Gasteiger partial charge on any atom is 0.334 e. The molecule has 0 radical (unpaired) electrons. The second-order valence-electron chi connectivity index (χ2n) is 6.13. The van der Waals surface area contributed by atoms with Gasteiger partial charge in [-0.15, -0.1) is 0 Å². The fourth-order valence-electron chi connectivity index (χ4n) is 4.08. The maximum atomic E-state index is 11.8. The summed E-state index contributed by atoms with van der Waals surface area (Å²) in [4.78, 5) is 23.0. The van der Waals surface area contributed by atoms with Crippen LogP contribution in [0.1, 0.15) is 32.6 Å². The first-order valence-corrected chi connectivity index (χ1v) is 7.24. The van der Waals surface area contributed by atoms with E-state index in [4.69, 9.17) is 9.47 Å². The number of carbonyl (C=O) groups excluding carboxylic acids is 2. The van der Waals surface area contributed by atoms with E-state index in [1.54, 1.807) is 0 Å². The monoisotopic (exact) mass is 276 g/mol. The molecule has 5 atom stereocenters. The molecule has 1 heterocycles. The van der Waals surface area contributed by atoms with E-state index in [1.165, 1.54) is 6.92 Å². The van der Waals surface area contributed by atoms with Crippen molar-refractivity contribution >= 4 is 11.9 Å². The van der Waals surface area contributed by atoms with Crippen molar-refractivity contribution in [3.63, 3.8) is 0 Å². The van der Waals surface area contributed by atoms with Crippen LogP contribution in [0.4, 0.5) is 0 Å². The number of fused-ring (bicyclic) bond motifs is 3. The topological polar surface area (TPSA) is 52.6 Å². The lowest BCUT2D eigenvalue weighted by Gasteiger charge is -2.25. The molecule has 0 amide bonds. The molecule has 4 heteroatoms. The first-order chi connectivity index (χ1) is 9.49. The number of esters is 2. The van der Waals surface area contributed by atoms with E-state index in [0.29, 0.717) is 11.5 Å². The minimum atomic E-state index is -0.281. The molecule has 0 aromatic heterocycles. The second-order valence-corrected chi connectivity index (χ2v) is 6.13. The Balaban J connectivity index is 1.86. The Hall–Kier alpha value is -1.58. The van der Waals surface area contributed by atoms with E-state index in [1.807, 2.05) is 0 Å². The number of rotatable bonds is 1. The molecule has 1 saturated heterocycles. The summed E-state index contributed by atoms with van der Waals surface area (Å²) in [5, 5.41) is 0. The molecule has 0 N–H and O–H groups in total. The fourth-order valence-corrected chi connectivity index (χ4v) is 4.08. The van der Waals surface area contributed by atoms with Gasteiger partial charge in [0, 0.05) is 24.3 Å². The van der Waals surface area contributed by atoms with Crippen molar-refractivity contribution in [1.82, 2.24) is 0 Å². The molecule has 0 unspecified atom stereocenters. The maximum absolute atomic E-state index is 11.8. The average Bonchev–Trinajstić information content (AvgIpc) is 2.74. The summed E-state index contributed by atoms with van der Waals surface area (Å²) in [6.07, 6.45) is 3.49. The summed E-state index contributed by atoms with van der Waals surface area (Å²) in [7, 11) is 0. The van der Waals surface area contributed by atoms with Crippen molar-refractivity contribution < 1.29 is 19.1 Å². The van der Waals surface area contributed by atoms with Crippen molar-refractivity contribution in [2.45, 2.75) is 44.8 Å². The summed E-state index contributed by atoms with van der Waals surface area (Å²) < 4.78 is 10.9. The van der Waals surface area contributed by atoms with E-state index in [2.05, 4.69) is 13.2 Å². The first kappa shape index (κ1) is 13.4. The van der Waals surface area contributed by atoms with Gasteiger partial charge in [0.2, 0.25) is 0 Å². The Kier molecular flexibility index (Phi) is 3.19. The van der Waals surface area contributed by atoms with Crippen molar-refractivity contribution in [3.05, 3.63) is 24.3 Å². The highest BCUT2D eigenvalue weighted by molar-refractivity contribution is 5.90. The lowest BCUT2D eigenvalue weighted by molar-refractivity contribution is -0.145. The second kappa shape index (κ2) is 4.76. The molecule has 2 saturated carbocycles. The third-order valence-corrected chi connectivity index (χ3v) is 4.97. The number of hydrogen-bond acceptors (Lipinski definition) is 4. The van der Waals surface area contributed by atoms with E-state index in [-0.39, 0.29) is 36.0 Å². The smallest absolute Gasteiger partial charge is 0.334 e. The van der Waals surface area contributed by atoms with Gasteiger partial charge in [0.25, 0.3) is 0 Å². The van der Waals surface area contributed by atoms with Gasteiger partial charge in [-0.2, -0.15) is 0 Å². The summed E-state index contributed by atoms with van der Waals surface area (Å²) >= 11 is 0. The minimum Gasteiger partial charge on any atom is -0.458 e. The lowest BCUT2D eigenvalue weighted by atomic mass is 9.82. The molecule has 0 spiro atoms. The molecule has 4 nitrogen and oxygen atoms in total. The zero-order valence-corrected chi connectivity index (χ0v) is 11.8. The van der Waals surface area contributed by atoms with E-state index < -0.39 is 0 Å². The third-order valence-electron chi connectivity index (χ3n) is 4.97. The zero-order valence-electron chi connectivity index (χ0n) is 11.8. The highest BCUT2D eigenvalue weighted by Gasteiger charge is 2.52. The van der Waals surface area contributed by atoms with Crippen LogP contribution in [-0.4, -0.2) is 24.1 Å². The van der Waals surface area contributed by atoms with E-state index in [0.717, 1.165) is 31.3 Å². The third kappa shape index (κ3) is 1.98. The minimum absolute atomic E-state index is 0.102. The van der Waals surface area contributed by atoms with Crippen LogP contribution in [-0.2, 0) is 19.1 Å². The molecule has 1 aliphatic heterocycles. The van der Waals surface area contributed by atoms with Crippen molar-refractivity contribution in [2.24, 2.45) is 17.8 Å². The molecule has 0 aromatic carbocycles. The molecule has 20 heavy (non-hydrogen) atoms. The molecule has 0 bridgehead atoms. The van der Waals surface area contributed by atoms with Gasteiger partial charge in [-0.05, 0) is 30.8 Å². The van der Waals surface area contributed by atoms with Crippen LogP contribution >= 0.6 is 0 Å². The standard InChI is InChI=1S/C16H20O4/c1-8-12-6-4-5-11-7-13(19-10(3)17)9(2)14(11)15(12)20-16(8)18/h11-15H,1-2,4-7H2,3H3/t11-,12+,13+,14+,15+/m1/s1. The Labute approximate surface area is 118 Å². The van der Waals surface area contributed by atoms with Gasteiger partial charge in [0.05, 0.1) is 0 Å². The quantitative estimate of drug-likeness (QED) is 0.419. The average molecular weight is 276 g/mol. The highest BCUT2D eigenvalue weighted by atomic mass is 16.6. The molecule has 108 valence electrons. The van der Waals surface area contributed by atoms with E-state index >= 15 is 0 Å². The Bertz CT molecular complexity index is 493. The van der Waals surface area contributed by atoms with E-state index in [9.17, 15) is 9.59 Å². The summed E-state index contributed by atoms with van der Waals surface area (Å²) in [5.74, 6) is 0.0438. The SMILES string of the molecule is C=C1[C@H]2[C@H](CCC[C@H]3C(=C)C(=O)O[C@H]23)C[C@@H]1OC(C)=O. The molecule has 3 aliphatic rings. The molecular formula is C16H20O4. The van der Waals surface area contributed by atoms with Gasteiger partial charge < -0.3 is 9.47 Å². The molecule has 3 rings (SSSR count). The highest BCUT2D eigenvalue weighted by Crippen LogP contribution is 2.51. The van der Waals surface area contributed by atoms with Crippen LogP contribution in [0.5, 0.6) is 0 Å². The summed E-state index contributed by atoms with van der Waals surface area (Å²) in [6.45, 7) is 9.42. The van der Waals surface area contributed by atoms with Crippen LogP contribution in [0.3, 0.4) is 0 Å². The van der Waals surface area contributed by atoms with Gasteiger partial charge in [0.1, 0.15) is 12.2 Å². The van der Waals surface area contributed by atoms with Crippen molar-refractivity contribution in [3.8, 4) is 0 Å². The summed E-state index contributed by atoms with van der Waals surface area (Å²) in [5.41, 5.74) is 1.50. The number of hydrogen-bond donors (Lipinski definition) is 0. The lowest BCUT2D eigenvalue weighted by Crippen LogP contribution is -2.29. The Morgan fingerprint density at radius 2 is 2.10 bits per heavy atom. The first-order valence-electron chi connectivity index (χ1n) is 7.24. The van der Waals surface area contributed by atoms with Crippen LogP contribution in [0.25, 0.3) is 0 Å². The molecule has 0 aromatic rings. The van der Waals surface area contributed by atoms with Gasteiger partial charge in [-0.3, -0.25) is 4.79 Å². The van der Waals surface area contributed by atoms with Gasteiger partial charge in [-0.1, -0.05) is 19.6 Å². The zero-order chi connectivity index (χ0) is 14.4. The van der Waals surface area contributed by atoms with Gasteiger partial charge in [-0.25, -0.2) is 4.79 Å². The molecule has 3 fully saturated rings.